The zero-order valence-electron chi connectivity index (χ0n) is 12.2. The number of fused-ring (bicyclic) bond motifs is 1. The molecule has 8 heteroatoms. The standard InChI is InChI=1S/C14H15N3O3S2/c1-8-3-4-15-9(2)10(8)5-21-14-16-12-7-22(19,20)6-11(12)13(18)17-14/h3-4H,5-7H2,1-2H3,(H,16,17,18). The van der Waals surface area contributed by atoms with Gasteiger partial charge in [0, 0.05) is 17.6 Å². The first-order chi connectivity index (χ1) is 10.4. The van der Waals surface area contributed by atoms with Crippen molar-refractivity contribution in [3.8, 4) is 0 Å². The Kier molecular flexibility index (Phi) is 3.82. The summed E-state index contributed by atoms with van der Waals surface area (Å²) in [6, 6.07) is 1.94. The molecule has 0 fully saturated rings. The molecule has 6 nitrogen and oxygen atoms in total. The van der Waals surface area contributed by atoms with Gasteiger partial charge >= 0.3 is 0 Å². The number of aryl methyl sites for hydroxylation is 2. The molecule has 0 saturated heterocycles. The number of thioether (sulfide) groups is 1. The van der Waals surface area contributed by atoms with E-state index in [1.54, 1.807) is 6.20 Å². The van der Waals surface area contributed by atoms with Crippen LogP contribution < -0.4 is 5.56 Å². The maximum atomic E-state index is 12.0. The highest BCUT2D eigenvalue weighted by Gasteiger charge is 2.29. The molecule has 0 saturated carbocycles. The van der Waals surface area contributed by atoms with Gasteiger partial charge in [0.15, 0.2) is 15.0 Å². The van der Waals surface area contributed by atoms with Gasteiger partial charge in [0.25, 0.3) is 5.56 Å². The lowest BCUT2D eigenvalue weighted by Crippen LogP contribution is -2.15. The molecule has 1 N–H and O–H groups in total. The molecule has 22 heavy (non-hydrogen) atoms. The molecule has 1 aliphatic rings. The molecule has 0 radical (unpaired) electrons. The number of rotatable bonds is 3. The summed E-state index contributed by atoms with van der Waals surface area (Å²) in [5.74, 6) is 0.265. The van der Waals surface area contributed by atoms with Crippen LogP contribution >= 0.6 is 11.8 Å². The number of H-pyrrole nitrogens is 1. The van der Waals surface area contributed by atoms with E-state index in [0.717, 1.165) is 16.8 Å². The third kappa shape index (κ3) is 2.93. The first-order valence-electron chi connectivity index (χ1n) is 6.72. The fourth-order valence-corrected chi connectivity index (χ4v) is 4.97. The van der Waals surface area contributed by atoms with Crippen molar-refractivity contribution in [3.05, 3.63) is 50.7 Å². The van der Waals surface area contributed by atoms with Crippen LogP contribution in [0, 0.1) is 13.8 Å². The second kappa shape index (κ2) is 5.51. The average Bonchev–Trinajstić information content (AvgIpc) is 2.73. The van der Waals surface area contributed by atoms with E-state index in [-0.39, 0.29) is 22.6 Å². The molecule has 0 amide bonds. The first kappa shape index (κ1) is 15.2. The van der Waals surface area contributed by atoms with Gasteiger partial charge in [-0.1, -0.05) is 11.8 Å². The lowest BCUT2D eigenvalue weighted by molar-refractivity contribution is 0.597. The monoisotopic (exact) mass is 337 g/mol. The van der Waals surface area contributed by atoms with Gasteiger partial charge in [0.1, 0.15) is 0 Å². The Bertz CT molecular complexity index is 884. The summed E-state index contributed by atoms with van der Waals surface area (Å²) in [6.07, 6.45) is 1.76. The number of aromatic nitrogens is 3. The van der Waals surface area contributed by atoms with E-state index in [1.807, 2.05) is 19.9 Å². The maximum absolute atomic E-state index is 12.0. The fourth-order valence-electron chi connectivity index (χ4n) is 2.42. The van der Waals surface area contributed by atoms with Crippen LogP contribution in [0.4, 0.5) is 0 Å². The second-order valence-corrected chi connectivity index (χ2v) is 8.34. The Labute approximate surface area is 132 Å². The van der Waals surface area contributed by atoms with Crippen molar-refractivity contribution in [2.24, 2.45) is 0 Å². The molecule has 2 aromatic rings. The minimum atomic E-state index is -3.23. The lowest BCUT2D eigenvalue weighted by Gasteiger charge is -2.08. The average molecular weight is 337 g/mol. The van der Waals surface area contributed by atoms with Gasteiger partial charge in [-0.2, -0.15) is 0 Å². The highest BCUT2D eigenvalue weighted by atomic mass is 32.2. The molecule has 116 valence electrons. The molecule has 0 aromatic carbocycles. The van der Waals surface area contributed by atoms with Crippen LogP contribution in [-0.4, -0.2) is 23.4 Å². The summed E-state index contributed by atoms with van der Waals surface area (Å²) >= 11 is 1.38. The van der Waals surface area contributed by atoms with E-state index in [1.165, 1.54) is 11.8 Å². The highest BCUT2D eigenvalue weighted by Crippen LogP contribution is 2.25. The van der Waals surface area contributed by atoms with Gasteiger partial charge in [0.2, 0.25) is 0 Å². The Morgan fingerprint density at radius 1 is 1.32 bits per heavy atom. The molecule has 3 rings (SSSR count). The molecule has 0 spiro atoms. The third-order valence-electron chi connectivity index (χ3n) is 3.66. The highest BCUT2D eigenvalue weighted by molar-refractivity contribution is 7.98. The van der Waals surface area contributed by atoms with Crippen LogP contribution in [0.15, 0.2) is 22.2 Å². The summed E-state index contributed by atoms with van der Waals surface area (Å²) in [4.78, 5) is 23.2. The molecule has 0 atom stereocenters. The summed E-state index contributed by atoms with van der Waals surface area (Å²) < 4.78 is 23.2. The number of pyridine rings is 1. The quantitative estimate of drug-likeness (QED) is 0.674. The smallest absolute Gasteiger partial charge is 0.256 e. The number of aromatic amines is 1. The molecular formula is C14H15N3O3S2. The molecule has 3 heterocycles. The van der Waals surface area contributed by atoms with Crippen molar-refractivity contribution in [1.29, 1.82) is 0 Å². The minimum absolute atomic E-state index is 0.148. The molecule has 0 aliphatic carbocycles. The number of nitrogens with one attached hydrogen (secondary N) is 1. The Hall–Kier alpha value is -1.67. The van der Waals surface area contributed by atoms with Crippen molar-refractivity contribution in [1.82, 2.24) is 15.0 Å². The number of hydrogen-bond donors (Lipinski definition) is 1. The Morgan fingerprint density at radius 2 is 2.09 bits per heavy atom. The van der Waals surface area contributed by atoms with Gasteiger partial charge in [-0.3, -0.25) is 9.78 Å². The van der Waals surface area contributed by atoms with Gasteiger partial charge < -0.3 is 4.98 Å². The SMILES string of the molecule is Cc1ccnc(C)c1CSc1nc2c(c(=O)[nH]1)CS(=O)(=O)C2. The van der Waals surface area contributed by atoms with E-state index in [9.17, 15) is 13.2 Å². The van der Waals surface area contributed by atoms with Gasteiger partial charge in [0.05, 0.1) is 22.8 Å². The van der Waals surface area contributed by atoms with E-state index in [4.69, 9.17) is 0 Å². The normalized spacial score (nSPS) is 15.7. The van der Waals surface area contributed by atoms with Crippen LogP contribution in [0.2, 0.25) is 0 Å². The summed E-state index contributed by atoms with van der Waals surface area (Å²) in [7, 11) is -3.23. The van der Waals surface area contributed by atoms with E-state index in [2.05, 4.69) is 15.0 Å². The molecule has 0 bridgehead atoms. The van der Waals surface area contributed by atoms with Crippen LogP contribution in [0.5, 0.6) is 0 Å². The van der Waals surface area contributed by atoms with E-state index >= 15 is 0 Å². The van der Waals surface area contributed by atoms with E-state index in [0.29, 0.717) is 16.6 Å². The zero-order chi connectivity index (χ0) is 15.9. The predicted molar refractivity (Wildman–Crippen MR) is 84.5 cm³/mol. The van der Waals surface area contributed by atoms with Crippen LogP contribution in [0.1, 0.15) is 28.1 Å². The van der Waals surface area contributed by atoms with Crippen LogP contribution in [-0.2, 0) is 27.1 Å². The summed E-state index contributed by atoms with van der Waals surface area (Å²) in [5.41, 5.74) is 3.48. The number of sulfone groups is 1. The number of nitrogens with zero attached hydrogens (tertiary/aromatic N) is 2. The van der Waals surface area contributed by atoms with Gasteiger partial charge in [-0.25, -0.2) is 13.4 Å². The van der Waals surface area contributed by atoms with Crippen molar-refractivity contribution in [3.63, 3.8) is 0 Å². The fraction of sp³-hybridized carbons (Fsp3) is 0.357. The zero-order valence-corrected chi connectivity index (χ0v) is 13.8. The first-order valence-corrected chi connectivity index (χ1v) is 9.53. The van der Waals surface area contributed by atoms with Crippen molar-refractivity contribution in [2.45, 2.75) is 36.3 Å². The Balaban J connectivity index is 1.87. The predicted octanol–water partition coefficient (Wildman–Crippen LogP) is 1.50. The number of hydrogen-bond acceptors (Lipinski definition) is 6. The largest absolute Gasteiger partial charge is 0.301 e. The molecule has 0 unspecified atom stereocenters. The molecular weight excluding hydrogens is 322 g/mol. The van der Waals surface area contributed by atoms with Crippen molar-refractivity contribution >= 4 is 21.6 Å². The minimum Gasteiger partial charge on any atom is -0.301 e. The Morgan fingerprint density at radius 3 is 2.82 bits per heavy atom. The molecule has 2 aromatic heterocycles. The van der Waals surface area contributed by atoms with Gasteiger partial charge in [-0.15, -0.1) is 0 Å². The van der Waals surface area contributed by atoms with Crippen molar-refractivity contribution in [2.75, 3.05) is 0 Å². The van der Waals surface area contributed by atoms with E-state index < -0.39 is 9.84 Å². The van der Waals surface area contributed by atoms with Crippen LogP contribution in [0.25, 0.3) is 0 Å². The summed E-state index contributed by atoms with van der Waals surface area (Å²) in [6.45, 7) is 3.95. The lowest BCUT2D eigenvalue weighted by atomic mass is 10.1. The second-order valence-electron chi connectivity index (χ2n) is 5.31. The van der Waals surface area contributed by atoms with Crippen molar-refractivity contribution < 1.29 is 8.42 Å². The molecule has 1 aliphatic heterocycles. The summed E-state index contributed by atoms with van der Waals surface area (Å²) in [5, 5.41) is 0.448. The maximum Gasteiger partial charge on any atom is 0.256 e. The third-order valence-corrected chi connectivity index (χ3v) is 6.00. The topological polar surface area (TPSA) is 92.8 Å². The van der Waals surface area contributed by atoms with Gasteiger partial charge in [-0.05, 0) is 31.0 Å². The van der Waals surface area contributed by atoms with Crippen LogP contribution in [0.3, 0.4) is 0 Å².